The normalized spacial score (nSPS) is 27.3. The number of hydrogen-bond acceptors (Lipinski definition) is 7. The number of benzene rings is 1. The number of rotatable bonds is 6. The molecular formula is C30H31ClN6O3. The molecule has 0 amide bonds. The molecule has 4 aliphatic rings. The lowest BCUT2D eigenvalue weighted by Gasteiger charge is -2.58. The summed E-state index contributed by atoms with van der Waals surface area (Å²) in [5.74, 6) is 2.26. The van der Waals surface area contributed by atoms with E-state index in [1.807, 2.05) is 22.8 Å². The first-order valence-electron chi connectivity index (χ1n) is 13.6. The smallest absolute Gasteiger partial charge is 0.212 e. The molecular weight excluding hydrogens is 528 g/mol. The Morgan fingerprint density at radius 3 is 2.60 bits per heavy atom. The van der Waals surface area contributed by atoms with E-state index in [1.54, 1.807) is 25.6 Å². The van der Waals surface area contributed by atoms with Crippen LogP contribution in [-0.4, -0.2) is 49.4 Å². The average molecular weight is 559 g/mol. The Balaban J connectivity index is 1.33. The number of aromatic nitrogens is 3. The third kappa shape index (κ3) is 4.33. The molecule has 4 fully saturated rings. The van der Waals surface area contributed by atoms with Gasteiger partial charge in [0.05, 0.1) is 46.4 Å². The Morgan fingerprint density at radius 1 is 1.12 bits per heavy atom. The van der Waals surface area contributed by atoms with Crippen molar-refractivity contribution >= 4 is 34.3 Å². The minimum absolute atomic E-state index is 0.0604. The van der Waals surface area contributed by atoms with Crippen molar-refractivity contribution in [3.63, 3.8) is 0 Å². The van der Waals surface area contributed by atoms with E-state index in [-0.39, 0.29) is 17.6 Å². The second kappa shape index (κ2) is 9.38. The van der Waals surface area contributed by atoms with Crippen molar-refractivity contribution in [2.75, 3.05) is 12.4 Å². The van der Waals surface area contributed by atoms with E-state index in [4.69, 9.17) is 22.1 Å². The molecule has 9 nitrogen and oxygen atoms in total. The minimum atomic E-state index is -0.523. The molecule has 8 rings (SSSR count). The van der Waals surface area contributed by atoms with E-state index in [9.17, 15) is 10.2 Å². The summed E-state index contributed by atoms with van der Waals surface area (Å²) in [5, 5.41) is 29.8. The van der Waals surface area contributed by atoms with Crippen LogP contribution in [0, 0.1) is 17.8 Å². The number of anilines is 1. The number of phenols is 1. The highest BCUT2D eigenvalue weighted by Gasteiger charge is 2.54. The van der Waals surface area contributed by atoms with Crippen LogP contribution in [-0.2, 0) is 0 Å². The van der Waals surface area contributed by atoms with Crippen LogP contribution in [0.2, 0.25) is 5.02 Å². The van der Waals surface area contributed by atoms with E-state index in [2.05, 4.69) is 26.5 Å². The van der Waals surface area contributed by atoms with Crippen molar-refractivity contribution in [2.45, 2.75) is 43.7 Å². The minimum Gasteiger partial charge on any atom is -0.508 e. The molecule has 206 valence electrons. The fourth-order valence-corrected chi connectivity index (χ4v) is 7.61. The van der Waals surface area contributed by atoms with Crippen molar-refractivity contribution in [2.24, 2.45) is 28.5 Å². The van der Waals surface area contributed by atoms with Gasteiger partial charge in [-0.3, -0.25) is 0 Å². The van der Waals surface area contributed by atoms with E-state index in [0.717, 1.165) is 54.4 Å². The average Bonchev–Trinajstić information content (AvgIpc) is 3.36. The Bertz CT molecular complexity index is 1620. The zero-order chi connectivity index (χ0) is 27.6. The van der Waals surface area contributed by atoms with Crippen LogP contribution in [0.4, 0.5) is 11.4 Å². The van der Waals surface area contributed by atoms with Crippen LogP contribution in [0.3, 0.4) is 0 Å². The Kier molecular flexibility index (Phi) is 5.90. The van der Waals surface area contributed by atoms with Gasteiger partial charge in [0, 0.05) is 41.7 Å². The van der Waals surface area contributed by atoms with Gasteiger partial charge in [0.15, 0.2) is 0 Å². The first kappa shape index (κ1) is 25.2. The number of aliphatic hydroxyl groups is 1. The number of hydrogen-bond donors (Lipinski definition) is 4. The van der Waals surface area contributed by atoms with Gasteiger partial charge < -0.3 is 26.0 Å². The van der Waals surface area contributed by atoms with E-state index >= 15 is 0 Å². The molecule has 2 atom stereocenters. The third-order valence-electron chi connectivity index (χ3n) is 8.92. The molecule has 4 bridgehead atoms. The standard InChI is InChI=1S/C30H31ClN6O3/c1-40-26-5-2-17(13-33-26)20-8-25-28(36-27-18-6-16-7-19(27)12-30(39,10-16)11-18)22(14-34-37(25)15-20)29(32)35-24-4-3-21(38)9-23(24)31/h2-5,8-9,13-16,18-19,27,36,38-39H,6-7,10-12H2,1H3,(H2,32,35). The maximum Gasteiger partial charge on any atom is 0.212 e. The van der Waals surface area contributed by atoms with Crippen molar-refractivity contribution in [3.8, 4) is 22.8 Å². The molecule has 0 spiro atoms. The molecule has 10 heteroatoms. The monoisotopic (exact) mass is 558 g/mol. The first-order chi connectivity index (χ1) is 19.3. The number of methoxy groups -OCH3 is 1. The van der Waals surface area contributed by atoms with Gasteiger partial charge in [-0.05, 0) is 74.1 Å². The second-order valence-corrected chi connectivity index (χ2v) is 12.0. The molecule has 0 saturated heterocycles. The highest BCUT2D eigenvalue weighted by atomic mass is 35.5. The Labute approximate surface area is 236 Å². The Morgan fingerprint density at radius 2 is 1.93 bits per heavy atom. The third-order valence-corrected chi connectivity index (χ3v) is 9.22. The van der Waals surface area contributed by atoms with Crippen LogP contribution in [0.1, 0.15) is 37.7 Å². The van der Waals surface area contributed by atoms with Crippen LogP contribution in [0.25, 0.3) is 16.6 Å². The summed E-state index contributed by atoms with van der Waals surface area (Å²) in [6, 6.07) is 10.7. The van der Waals surface area contributed by atoms with Crippen molar-refractivity contribution in [1.29, 1.82) is 0 Å². The van der Waals surface area contributed by atoms with Crippen LogP contribution >= 0.6 is 11.6 Å². The lowest BCUT2D eigenvalue weighted by atomic mass is 9.52. The maximum absolute atomic E-state index is 11.2. The molecule has 2 unspecified atom stereocenters. The topological polar surface area (TPSA) is 130 Å². The summed E-state index contributed by atoms with van der Waals surface area (Å²) >= 11 is 6.34. The fraction of sp³-hybridized carbons (Fsp3) is 0.367. The number of nitrogens with two attached hydrogens (primary N) is 1. The van der Waals surface area contributed by atoms with Gasteiger partial charge in [0.25, 0.3) is 0 Å². The number of aliphatic imine (C=N–C) groups is 1. The van der Waals surface area contributed by atoms with Gasteiger partial charge in [0.2, 0.25) is 5.88 Å². The highest BCUT2D eigenvalue weighted by Crippen LogP contribution is 2.56. The number of ether oxygens (including phenoxy) is 1. The highest BCUT2D eigenvalue weighted by molar-refractivity contribution is 6.33. The van der Waals surface area contributed by atoms with E-state index in [1.165, 1.54) is 12.1 Å². The molecule has 0 aliphatic heterocycles. The van der Waals surface area contributed by atoms with Gasteiger partial charge in [0.1, 0.15) is 11.6 Å². The molecule has 4 aromatic rings. The van der Waals surface area contributed by atoms with Crippen LogP contribution in [0.15, 0.2) is 60.0 Å². The van der Waals surface area contributed by atoms with Gasteiger partial charge in [-0.25, -0.2) is 14.5 Å². The number of fused-ring (bicyclic) bond motifs is 1. The van der Waals surface area contributed by atoms with Crippen LogP contribution < -0.4 is 15.8 Å². The molecule has 4 aliphatic carbocycles. The second-order valence-electron chi connectivity index (χ2n) is 11.6. The predicted molar refractivity (Wildman–Crippen MR) is 154 cm³/mol. The van der Waals surface area contributed by atoms with Gasteiger partial charge in [-0.2, -0.15) is 5.10 Å². The largest absolute Gasteiger partial charge is 0.508 e. The molecule has 0 radical (unpaired) electrons. The lowest BCUT2D eigenvalue weighted by molar-refractivity contribution is -0.129. The number of phenolic OH excluding ortho intramolecular Hbond substituents is 1. The SMILES string of the molecule is COc1ccc(-c2cc3c(NC4C5CC6CC4CC(O)(C6)C5)c(C(N)=Nc4ccc(O)cc4Cl)cnn3c2)cn1. The zero-order valence-corrected chi connectivity index (χ0v) is 22.8. The number of amidine groups is 1. The van der Waals surface area contributed by atoms with E-state index in [0.29, 0.717) is 39.9 Å². The number of aromatic hydroxyl groups is 1. The van der Waals surface area contributed by atoms with Gasteiger partial charge in [-0.15, -0.1) is 0 Å². The number of pyridine rings is 1. The number of nitrogens with one attached hydrogen (secondary N) is 1. The summed E-state index contributed by atoms with van der Waals surface area (Å²) in [4.78, 5) is 8.98. The van der Waals surface area contributed by atoms with Crippen molar-refractivity contribution in [1.82, 2.24) is 14.6 Å². The number of halogens is 1. The summed E-state index contributed by atoms with van der Waals surface area (Å²) < 4.78 is 7.06. The van der Waals surface area contributed by atoms with Gasteiger partial charge in [-0.1, -0.05) is 11.6 Å². The molecule has 4 saturated carbocycles. The fourth-order valence-electron chi connectivity index (χ4n) is 7.39. The quantitative estimate of drug-likeness (QED) is 0.190. The summed E-state index contributed by atoms with van der Waals surface area (Å²) in [6.07, 6.45) is 10.3. The molecule has 1 aromatic carbocycles. The molecule has 5 N–H and O–H groups in total. The maximum atomic E-state index is 11.2. The summed E-state index contributed by atoms with van der Waals surface area (Å²) in [5.41, 5.74) is 10.8. The molecule has 3 heterocycles. The van der Waals surface area contributed by atoms with Crippen molar-refractivity contribution < 1.29 is 14.9 Å². The summed E-state index contributed by atoms with van der Waals surface area (Å²) in [6.45, 7) is 0. The van der Waals surface area contributed by atoms with Crippen molar-refractivity contribution in [3.05, 3.63) is 65.6 Å². The number of nitrogens with zero attached hydrogens (tertiary/aromatic N) is 4. The van der Waals surface area contributed by atoms with Crippen LogP contribution in [0.5, 0.6) is 11.6 Å². The molecule has 3 aromatic heterocycles. The first-order valence-corrected chi connectivity index (χ1v) is 14.0. The predicted octanol–water partition coefficient (Wildman–Crippen LogP) is 5.15. The summed E-state index contributed by atoms with van der Waals surface area (Å²) in [7, 11) is 1.60. The van der Waals surface area contributed by atoms with E-state index < -0.39 is 5.60 Å². The van der Waals surface area contributed by atoms with Gasteiger partial charge >= 0.3 is 0 Å². The Hall–Kier alpha value is -3.82. The lowest BCUT2D eigenvalue weighted by Crippen LogP contribution is -2.59. The zero-order valence-electron chi connectivity index (χ0n) is 22.1. The molecule has 40 heavy (non-hydrogen) atoms.